The number of anilines is 1. The second-order valence-corrected chi connectivity index (χ2v) is 8.15. The third-order valence-corrected chi connectivity index (χ3v) is 5.52. The molecule has 0 fully saturated rings. The third kappa shape index (κ3) is 6.15. The van der Waals surface area contributed by atoms with Crippen LogP contribution in [-0.4, -0.2) is 45.7 Å². The minimum absolute atomic E-state index is 0.0115. The van der Waals surface area contributed by atoms with Gasteiger partial charge in [0, 0.05) is 38.0 Å². The Morgan fingerprint density at radius 2 is 1.89 bits per heavy atom. The van der Waals surface area contributed by atoms with E-state index in [1.54, 1.807) is 24.0 Å². The predicted molar refractivity (Wildman–Crippen MR) is 112 cm³/mol. The van der Waals surface area contributed by atoms with Gasteiger partial charge in [0.1, 0.15) is 5.75 Å². The molecule has 0 heterocycles. The van der Waals surface area contributed by atoms with Gasteiger partial charge < -0.3 is 20.4 Å². The number of phenolic OH excluding ortho intramolecular Hbond substituents is 1. The van der Waals surface area contributed by atoms with Gasteiger partial charge >= 0.3 is 0 Å². The summed E-state index contributed by atoms with van der Waals surface area (Å²) in [5.41, 5.74) is 1.46. The Bertz CT molecular complexity index is 813. The topological polar surface area (TPSA) is 89.9 Å². The minimum Gasteiger partial charge on any atom is -0.507 e. The van der Waals surface area contributed by atoms with Crippen molar-refractivity contribution in [2.75, 3.05) is 24.2 Å². The smallest absolute Gasteiger partial charge is 0.223 e. The van der Waals surface area contributed by atoms with E-state index in [0.29, 0.717) is 23.5 Å². The number of benzene rings is 2. The molecular weight excluding hydrogens is 376 g/mol. The second kappa shape index (κ2) is 10.4. The van der Waals surface area contributed by atoms with Gasteiger partial charge in [-0.05, 0) is 43.2 Å². The van der Waals surface area contributed by atoms with E-state index >= 15 is 0 Å². The molecule has 2 rings (SSSR count). The van der Waals surface area contributed by atoms with Crippen LogP contribution in [0.25, 0.3) is 0 Å². The number of nitrogens with zero attached hydrogens (tertiary/aromatic N) is 1. The first-order valence-electron chi connectivity index (χ1n) is 9.20. The fraction of sp³-hybridized carbons (Fsp3) is 0.381. The lowest BCUT2D eigenvalue weighted by Crippen LogP contribution is -2.36. The number of carbonyl (C=O) groups excluding carboxylic acids is 1. The van der Waals surface area contributed by atoms with Gasteiger partial charge in [-0.25, -0.2) is 0 Å². The van der Waals surface area contributed by atoms with Gasteiger partial charge in [0.2, 0.25) is 5.91 Å². The largest absolute Gasteiger partial charge is 0.507 e. The number of rotatable bonds is 9. The molecule has 2 aromatic rings. The van der Waals surface area contributed by atoms with E-state index in [1.165, 1.54) is 12.3 Å². The van der Waals surface area contributed by atoms with Crippen LogP contribution in [0.1, 0.15) is 31.9 Å². The van der Waals surface area contributed by atoms with Crippen LogP contribution >= 0.6 is 0 Å². The molecule has 28 heavy (non-hydrogen) atoms. The molecule has 0 radical (unpaired) electrons. The van der Waals surface area contributed by atoms with Crippen LogP contribution in [0, 0.1) is 0 Å². The number of aromatic hydroxyl groups is 1. The Labute approximate surface area is 168 Å². The molecule has 1 amide bonds. The Morgan fingerprint density at radius 3 is 2.50 bits per heavy atom. The standard InChI is InChI=1S/C21H28N2O4S/c1-15(11-12-23(16(2)24)18-7-5-4-6-8-18)22-14-20(26)17-9-10-19(25)21(13-17)28(3)27/h4-10,13,15,20,22,25-26H,11-12,14H2,1-3H3. The third-order valence-electron chi connectivity index (χ3n) is 4.57. The molecule has 3 atom stereocenters. The number of amides is 1. The number of nitrogens with one attached hydrogen (secondary N) is 1. The van der Waals surface area contributed by atoms with Crippen LogP contribution in [0.3, 0.4) is 0 Å². The van der Waals surface area contributed by atoms with Crippen molar-refractivity contribution in [1.82, 2.24) is 5.32 Å². The zero-order valence-corrected chi connectivity index (χ0v) is 17.3. The van der Waals surface area contributed by atoms with Crippen LogP contribution in [0.15, 0.2) is 53.4 Å². The monoisotopic (exact) mass is 404 g/mol. The van der Waals surface area contributed by atoms with Crippen LogP contribution in [0.5, 0.6) is 5.75 Å². The van der Waals surface area contributed by atoms with Crippen molar-refractivity contribution in [1.29, 1.82) is 0 Å². The van der Waals surface area contributed by atoms with Crippen LogP contribution in [0.4, 0.5) is 5.69 Å². The molecule has 0 aliphatic rings. The highest BCUT2D eigenvalue weighted by Crippen LogP contribution is 2.24. The first-order valence-corrected chi connectivity index (χ1v) is 10.8. The van der Waals surface area contributed by atoms with Crippen molar-refractivity contribution < 1.29 is 19.2 Å². The first-order chi connectivity index (χ1) is 13.3. The Hall–Kier alpha value is -2.22. The maximum absolute atomic E-state index is 11.9. The summed E-state index contributed by atoms with van der Waals surface area (Å²) in [7, 11) is -1.33. The fourth-order valence-corrected chi connectivity index (χ4v) is 3.56. The maximum atomic E-state index is 11.9. The number of phenols is 1. The van der Waals surface area contributed by atoms with Gasteiger partial charge in [-0.1, -0.05) is 24.3 Å². The lowest BCUT2D eigenvalue weighted by molar-refractivity contribution is -0.116. The number of aliphatic hydroxyl groups excluding tert-OH is 1. The van der Waals surface area contributed by atoms with Gasteiger partial charge in [0.15, 0.2) is 0 Å². The number of carbonyl (C=O) groups is 1. The molecule has 3 N–H and O–H groups in total. The highest BCUT2D eigenvalue weighted by atomic mass is 32.2. The molecule has 6 nitrogen and oxygen atoms in total. The first kappa shape index (κ1) is 22.1. The highest BCUT2D eigenvalue weighted by Gasteiger charge is 2.15. The molecule has 3 unspecified atom stereocenters. The van der Waals surface area contributed by atoms with E-state index in [4.69, 9.17) is 0 Å². The number of aliphatic hydroxyl groups is 1. The summed E-state index contributed by atoms with van der Waals surface area (Å²) in [6.07, 6.45) is 1.42. The van der Waals surface area contributed by atoms with Crippen molar-refractivity contribution in [3.63, 3.8) is 0 Å². The summed E-state index contributed by atoms with van der Waals surface area (Å²) < 4.78 is 11.6. The van der Waals surface area contributed by atoms with E-state index < -0.39 is 16.9 Å². The molecule has 0 aliphatic carbocycles. The maximum Gasteiger partial charge on any atom is 0.223 e. The Kier molecular flexibility index (Phi) is 8.17. The second-order valence-electron chi connectivity index (χ2n) is 6.80. The molecule has 0 saturated carbocycles. The molecule has 0 saturated heterocycles. The normalized spacial score (nSPS) is 14.3. The minimum atomic E-state index is -1.33. The van der Waals surface area contributed by atoms with Crippen LogP contribution in [-0.2, 0) is 15.6 Å². The molecule has 7 heteroatoms. The predicted octanol–water partition coefficient (Wildman–Crippen LogP) is 2.58. The highest BCUT2D eigenvalue weighted by molar-refractivity contribution is 7.84. The van der Waals surface area contributed by atoms with Crippen molar-refractivity contribution in [3.8, 4) is 5.75 Å². The zero-order chi connectivity index (χ0) is 20.7. The molecule has 0 bridgehead atoms. The number of hydrogen-bond donors (Lipinski definition) is 3. The fourth-order valence-electron chi connectivity index (χ4n) is 2.90. The summed E-state index contributed by atoms with van der Waals surface area (Å²) in [4.78, 5) is 14.0. The van der Waals surface area contributed by atoms with Gasteiger partial charge in [0.25, 0.3) is 0 Å². The van der Waals surface area contributed by atoms with E-state index in [1.807, 2.05) is 37.3 Å². The molecule has 2 aromatic carbocycles. The van der Waals surface area contributed by atoms with Crippen molar-refractivity contribution in [2.45, 2.75) is 37.3 Å². The van der Waals surface area contributed by atoms with E-state index in [-0.39, 0.29) is 17.7 Å². The van der Waals surface area contributed by atoms with Gasteiger partial charge in [-0.2, -0.15) is 0 Å². The van der Waals surface area contributed by atoms with Gasteiger partial charge in [-0.15, -0.1) is 0 Å². The lowest BCUT2D eigenvalue weighted by Gasteiger charge is -2.24. The van der Waals surface area contributed by atoms with E-state index in [0.717, 1.165) is 12.1 Å². The van der Waals surface area contributed by atoms with Gasteiger partial charge in [-0.3, -0.25) is 9.00 Å². The van der Waals surface area contributed by atoms with Crippen molar-refractivity contribution in [3.05, 3.63) is 54.1 Å². The molecular formula is C21H28N2O4S. The molecule has 0 aliphatic heterocycles. The molecule has 0 spiro atoms. The quantitative estimate of drug-likeness (QED) is 0.598. The summed E-state index contributed by atoms with van der Waals surface area (Å²) >= 11 is 0. The summed E-state index contributed by atoms with van der Waals surface area (Å²) in [6.45, 7) is 4.43. The lowest BCUT2D eigenvalue weighted by atomic mass is 10.1. The Morgan fingerprint density at radius 1 is 1.21 bits per heavy atom. The van der Waals surface area contributed by atoms with Crippen LogP contribution < -0.4 is 10.2 Å². The zero-order valence-electron chi connectivity index (χ0n) is 16.5. The van der Waals surface area contributed by atoms with E-state index in [2.05, 4.69) is 5.32 Å². The summed E-state index contributed by atoms with van der Waals surface area (Å²) in [5, 5.41) is 23.4. The molecule has 152 valence electrons. The average Bonchev–Trinajstić information content (AvgIpc) is 2.67. The molecule has 0 aromatic heterocycles. The summed E-state index contributed by atoms with van der Waals surface area (Å²) in [6, 6.07) is 14.2. The van der Waals surface area contributed by atoms with Crippen LogP contribution in [0.2, 0.25) is 0 Å². The van der Waals surface area contributed by atoms with Crippen molar-refractivity contribution in [2.24, 2.45) is 0 Å². The number of hydrogen-bond acceptors (Lipinski definition) is 5. The Balaban J connectivity index is 1.89. The van der Waals surface area contributed by atoms with Crippen molar-refractivity contribution >= 4 is 22.4 Å². The van der Waals surface area contributed by atoms with Gasteiger partial charge in [0.05, 0.1) is 21.8 Å². The average molecular weight is 405 g/mol. The van der Waals surface area contributed by atoms with E-state index in [9.17, 15) is 19.2 Å². The SMILES string of the molecule is CC(=O)N(CCC(C)NCC(O)c1ccc(O)c(S(C)=O)c1)c1ccccc1. The summed E-state index contributed by atoms with van der Waals surface area (Å²) in [5.74, 6) is -0.0500. The number of para-hydroxylation sites is 1.